The van der Waals surface area contributed by atoms with E-state index < -0.39 is 24.0 Å². The molecule has 0 saturated heterocycles. The largest absolute Gasteiger partial charge is 0.670 e. The summed E-state index contributed by atoms with van der Waals surface area (Å²) in [5, 5.41) is 58.9. The van der Waals surface area contributed by atoms with E-state index >= 15 is 0 Å². The zero-order valence-corrected chi connectivity index (χ0v) is 33.3. The van der Waals surface area contributed by atoms with Gasteiger partial charge in [-0.15, -0.1) is 0 Å². The number of nitrogens with zero attached hydrogens (tertiary/aromatic N) is 1. The van der Waals surface area contributed by atoms with Gasteiger partial charge in [0.05, 0.1) is 19.3 Å². The van der Waals surface area contributed by atoms with E-state index in [1.165, 1.54) is 11.6 Å². The molecule has 6 aromatic rings. The maximum Gasteiger partial charge on any atom is 0.164 e. The number of hydrogen-bond donors (Lipinski definition) is 6. The number of nitrogens with one attached hydrogen (secondary N) is 1. The van der Waals surface area contributed by atoms with E-state index in [-0.39, 0.29) is 48.4 Å². The second-order valence-corrected chi connectivity index (χ2v) is 15.0. The first-order chi connectivity index (χ1) is 28.0. The van der Waals surface area contributed by atoms with Gasteiger partial charge in [0.25, 0.3) is 0 Å². The monoisotopic (exact) mass is 785 g/mol. The number of phenols is 3. The number of carbonyl (C=O) groups is 1. The number of hydrogen-bond acceptors (Lipinski definition) is 9. The van der Waals surface area contributed by atoms with Crippen molar-refractivity contribution in [2.45, 2.75) is 70.5 Å². The predicted octanol–water partition coefficient (Wildman–Crippen LogP) is 7.13. The molecule has 5 aromatic carbocycles. The molecular formula is C48H53N2O8-. The lowest BCUT2D eigenvalue weighted by Crippen LogP contribution is -2.30. The van der Waals surface area contributed by atoms with Crippen LogP contribution >= 0.6 is 0 Å². The number of aryl methyl sites for hydroxylation is 1. The molecule has 4 atom stereocenters. The fourth-order valence-corrected chi connectivity index (χ4v) is 7.85. The fraction of sp³-hybridized carbons (Fsp3) is 0.312. The van der Waals surface area contributed by atoms with Crippen molar-refractivity contribution >= 4 is 16.6 Å². The van der Waals surface area contributed by atoms with Crippen LogP contribution in [0.15, 0.2) is 109 Å². The minimum Gasteiger partial charge on any atom is -0.670 e. The highest BCUT2D eigenvalue weighted by atomic mass is 16.5. The summed E-state index contributed by atoms with van der Waals surface area (Å²) in [4.78, 5) is 18.7. The molecule has 0 radical (unpaired) electrons. The van der Waals surface area contributed by atoms with E-state index in [1.807, 2.05) is 24.3 Å². The van der Waals surface area contributed by atoms with Crippen LogP contribution in [0.2, 0.25) is 0 Å². The highest BCUT2D eigenvalue weighted by Crippen LogP contribution is 2.39. The van der Waals surface area contributed by atoms with Gasteiger partial charge in [-0.2, -0.15) is 12.4 Å². The second-order valence-electron chi connectivity index (χ2n) is 15.0. The second kappa shape index (κ2) is 19.6. The zero-order valence-electron chi connectivity index (χ0n) is 33.3. The van der Waals surface area contributed by atoms with Gasteiger partial charge in [-0.25, -0.2) is 0 Å². The van der Waals surface area contributed by atoms with Crippen molar-refractivity contribution < 1.29 is 39.8 Å². The first-order valence-corrected chi connectivity index (χ1v) is 19.8. The smallest absolute Gasteiger partial charge is 0.164 e. The summed E-state index contributed by atoms with van der Waals surface area (Å²) in [6, 6.07) is 29.4. The SMILES string of the molecule is CCc1ccc2ccccc2c1Cc1c(C[C@H](Cc2cc[n-]c2)[C@H](O)CC(=O)[C@H](Cc2ccc(O)c(OCNC[C@H](C)O)c2)c2cccc(O)c2)ccc(O)c1OC. The highest BCUT2D eigenvalue weighted by Gasteiger charge is 2.30. The maximum absolute atomic E-state index is 14.5. The van der Waals surface area contributed by atoms with Crippen molar-refractivity contribution in [3.05, 3.63) is 148 Å². The molecule has 6 rings (SSSR count). The maximum atomic E-state index is 14.5. The van der Waals surface area contributed by atoms with E-state index in [0.717, 1.165) is 39.4 Å². The number of aromatic nitrogens is 1. The number of carbonyl (C=O) groups excluding carboxylic acids is 1. The molecule has 0 aliphatic carbocycles. The summed E-state index contributed by atoms with van der Waals surface area (Å²) in [6.07, 6.45) is 4.04. The van der Waals surface area contributed by atoms with Gasteiger partial charge in [0.1, 0.15) is 18.3 Å². The number of ketones is 1. The van der Waals surface area contributed by atoms with Gasteiger partial charge in [-0.05, 0) is 107 Å². The Morgan fingerprint density at radius 2 is 1.60 bits per heavy atom. The van der Waals surface area contributed by atoms with Gasteiger partial charge < -0.3 is 40.0 Å². The summed E-state index contributed by atoms with van der Waals surface area (Å²) in [5.41, 5.74) is 6.28. The van der Waals surface area contributed by atoms with Gasteiger partial charge in [0.2, 0.25) is 0 Å². The molecule has 304 valence electrons. The number of benzene rings is 5. The number of ether oxygens (including phenoxy) is 2. The summed E-state index contributed by atoms with van der Waals surface area (Å²) in [5.74, 6) is -0.807. The summed E-state index contributed by atoms with van der Waals surface area (Å²) < 4.78 is 11.6. The summed E-state index contributed by atoms with van der Waals surface area (Å²) >= 11 is 0. The minimum absolute atomic E-state index is 0.0163. The van der Waals surface area contributed by atoms with Crippen molar-refractivity contribution in [3.63, 3.8) is 0 Å². The quantitative estimate of drug-likeness (QED) is 0.0347. The van der Waals surface area contributed by atoms with Crippen LogP contribution in [0.3, 0.4) is 0 Å². The van der Waals surface area contributed by atoms with Crippen LogP contribution in [-0.2, 0) is 36.9 Å². The Morgan fingerprint density at radius 1 is 0.810 bits per heavy atom. The van der Waals surface area contributed by atoms with Gasteiger partial charge in [0, 0.05) is 30.9 Å². The van der Waals surface area contributed by atoms with Gasteiger partial charge in [-0.3, -0.25) is 10.1 Å². The molecule has 10 heteroatoms. The average Bonchev–Trinajstić information content (AvgIpc) is 3.73. The minimum atomic E-state index is -1.07. The summed E-state index contributed by atoms with van der Waals surface area (Å²) in [7, 11) is 1.55. The van der Waals surface area contributed by atoms with E-state index in [9.17, 15) is 30.3 Å². The van der Waals surface area contributed by atoms with Gasteiger partial charge in [-0.1, -0.05) is 79.2 Å². The molecule has 0 aliphatic heterocycles. The van der Waals surface area contributed by atoms with Crippen LogP contribution in [0.25, 0.3) is 10.8 Å². The van der Waals surface area contributed by atoms with Gasteiger partial charge >= 0.3 is 0 Å². The average molecular weight is 786 g/mol. The molecule has 0 spiro atoms. The Bertz CT molecular complexity index is 2290. The van der Waals surface area contributed by atoms with E-state index in [1.54, 1.807) is 68.9 Å². The van der Waals surface area contributed by atoms with Crippen molar-refractivity contribution in [1.29, 1.82) is 0 Å². The van der Waals surface area contributed by atoms with Crippen LogP contribution in [0.4, 0.5) is 0 Å². The Balaban J connectivity index is 1.31. The van der Waals surface area contributed by atoms with E-state index in [2.05, 4.69) is 41.5 Å². The molecule has 58 heavy (non-hydrogen) atoms. The van der Waals surface area contributed by atoms with Crippen LogP contribution < -0.4 is 19.8 Å². The Labute approximate surface area is 339 Å². The van der Waals surface area contributed by atoms with Crippen LogP contribution in [0.1, 0.15) is 65.1 Å². The molecule has 0 saturated carbocycles. The fourth-order valence-electron chi connectivity index (χ4n) is 7.85. The third-order valence-electron chi connectivity index (χ3n) is 10.9. The molecule has 0 amide bonds. The summed E-state index contributed by atoms with van der Waals surface area (Å²) in [6.45, 7) is 4.15. The molecule has 1 aromatic heterocycles. The Hall–Kier alpha value is -5.81. The number of aromatic hydroxyl groups is 3. The number of aliphatic hydroxyl groups is 2. The number of fused-ring (bicyclic) bond motifs is 1. The first kappa shape index (κ1) is 41.8. The first-order valence-electron chi connectivity index (χ1n) is 19.8. The van der Waals surface area contributed by atoms with Crippen molar-refractivity contribution in [2.75, 3.05) is 20.4 Å². The van der Waals surface area contributed by atoms with E-state index in [0.29, 0.717) is 42.7 Å². The number of phenolic OH excluding ortho intramolecular Hbond substituents is 3. The predicted molar refractivity (Wildman–Crippen MR) is 225 cm³/mol. The van der Waals surface area contributed by atoms with Crippen molar-refractivity contribution in [2.24, 2.45) is 5.92 Å². The molecule has 1 heterocycles. The number of rotatable bonds is 20. The van der Waals surface area contributed by atoms with Crippen molar-refractivity contribution in [1.82, 2.24) is 10.3 Å². The van der Waals surface area contributed by atoms with Gasteiger partial charge in [0.15, 0.2) is 23.0 Å². The normalized spacial score (nSPS) is 13.5. The molecule has 0 bridgehead atoms. The number of aliphatic hydroxyl groups excluding tert-OH is 2. The molecule has 6 N–H and O–H groups in total. The molecule has 10 nitrogen and oxygen atoms in total. The molecule has 0 fully saturated rings. The van der Waals surface area contributed by atoms with E-state index in [4.69, 9.17) is 9.47 Å². The lowest BCUT2D eigenvalue weighted by molar-refractivity contribution is -0.123. The third-order valence-corrected chi connectivity index (χ3v) is 10.9. The lowest BCUT2D eigenvalue weighted by atomic mass is 9.80. The molecular weight excluding hydrogens is 733 g/mol. The Kier molecular flexibility index (Phi) is 14.1. The topological polar surface area (TPSA) is 163 Å². The number of methoxy groups -OCH3 is 1. The Morgan fingerprint density at radius 3 is 2.34 bits per heavy atom. The highest BCUT2D eigenvalue weighted by molar-refractivity contribution is 5.88. The van der Waals surface area contributed by atoms with Crippen LogP contribution in [0.5, 0.6) is 28.7 Å². The van der Waals surface area contributed by atoms with Crippen LogP contribution in [0, 0.1) is 5.92 Å². The van der Waals surface area contributed by atoms with Crippen LogP contribution in [-0.4, -0.2) is 63.9 Å². The third kappa shape index (κ3) is 10.4. The molecule has 0 unspecified atom stereocenters. The zero-order chi connectivity index (χ0) is 41.2. The molecule has 0 aliphatic rings. The number of Topliss-reactive ketones (excluding diaryl/α,β-unsaturated/α-hetero) is 1. The lowest BCUT2D eigenvalue weighted by Gasteiger charge is -2.27. The van der Waals surface area contributed by atoms with Crippen molar-refractivity contribution in [3.8, 4) is 28.7 Å². The standard InChI is InChI=1S/C48H53N2O8/c1-4-33-13-14-34-8-5-6-11-39(34)40(33)25-42-36(15-17-44(54)48(42)57-3)23-37(20-32-18-19-49-28-32)45(55)26-46(56)41(35-9-7-10-38(52)24-35)21-31-12-16-43(53)47(22-31)58-29-50-27-30(2)51/h5-19,22,24,28,30,37,41,45,50-55H,4,20-21,23,25-27,29H2,1-3H3/q-1/t30-,37-,41+,45+/m0/s1.